The first kappa shape index (κ1) is 16.2. The van der Waals surface area contributed by atoms with Gasteiger partial charge in [-0.15, -0.1) is 0 Å². The Balaban J connectivity index is 3.29. The van der Waals surface area contributed by atoms with Gasteiger partial charge in [-0.25, -0.2) is 17.9 Å². The first-order valence-electron chi connectivity index (χ1n) is 5.06. The van der Waals surface area contributed by atoms with Gasteiger partial charge in [0.25, 0.3) is 0 Å². The molecule has 0 aliphatic carbocycles. The molecule has 1 rings (SSSR count). The lowest BCUT2D eigenvalue weighted by Gasteiger charge is -2.11. The van der Waals surface area contributed by atoms with Crippen LogP contribution in [0.25, 0.3) is 0 Å². The van der Waals surface area contributed by atoms with Gasteiger partial charge in [-0.2, -0.15) is 0 Å². The summed E-state index contributed by atoms with van der Waals surface area (Å²) < 4.78 is 25.9. The van der Waals surface area contributed by atoms with Crippen LogP contribution in [0, 0.1) is 0 Å². The van der Waals surface area contributed by atoms with Gasteiger partial charge in [0.2, 0.25) is 10.0 Å². The molecule has 0 saturated carbocycles. The number of aliphatic hydroxyl groups is 1. The minimum Gasteiger partial charge on any atom is -0.478 e. The summed E-state index contributed by atoms with van der Waals surface area (Å²) in [6, 6.07) is 2.23. The molecule has 19 heavy (non-hydrogen) atoms. The van der Waals surface area contributed by atoms with Crippen LogP contribution in [0.5, 0.6) is 0 Å². The molecule has 0 spiro atoms. The summed E-state index contributed by atoms with van der Waals surface area (Å²) in [5.41, 5.74) is -0.483. The lowest BCUT2D eigenvalue weighted by atomic mass is 10.2. The second kappa shape index (κ2) is 6.06. The zero-order valence-corrected chi connectivity index (χ0v) is 12.1. The average Bonchev–Trinajstić information content (AvgIpc) is 2.25. The van der Waals surface area contributed by atoms with Crippen LogP contribution in [0.4, 0.5) is 0 Å². The van der Waals surface area contributed by atoms with E-state index in [1.165, 1.54) is 6.92 Å². The molecule has 6 nitrogen and oxygen atoms in total. The van der Waals surface area contributed by atoms with Crippen molar-refractivity contribution in [3.05, 3.63) is 27.7 Å². The summed E-state index contributed by atoms with van der Waals surface area (Å²) in [6.45, 7) is 1.18. The van der Waals surface area contributed by atoms with Crippen LogP contribution in [0.2, 0.25) is 10.0 Å². The van der Waals surface area contributed by atoms with E-state index in [-0.39, 0.29) is 11.6 Å². The molecule has 106 valence electrons. The van der Waals surface area contributed by atoms with Crippen LogP contribution in [0.3, 0.4) is 0 Å². The zero-order valence-electron chi connectivity index (χ0n) is 9.72. The van der Waals surface area contributed by atoms with E-state index >= 15 is 0 Å². The van der Waals surface area contributed by atoms with E-state index in [0.717, 1.165) is 12.1 Å². The molecule has 1 atom stereocenters. The van der Waals surface area contributed by atoms with Crippen molar-refractivity contribution in [3.63, 3.8) is 0 Å². The molecule has 0 radical (unpaired) electrons. The Morgan fingerprint density at radius 1 is 1.42 bits per heavy atom. The van der Waals surface area contributed by atoms with Gasteiger partial charge in [-0.05, 0) is 19.1 Å². The van der Waals surface area contributed by atoms with Crippen molar-refractivity contribution in [3.8, 4) is 0 Å². The van der Waals surface area contributed by atoms with Gasteiger partial charge in [0.15, 0.2) is 0 Å². The molecule has 0 heterocycles. The number of hydrogen-bond acceptors (Lipinski definition) is 4. The molecule has 3 N–H and O–H groups in total. The first-order valence-corrected chi connectivity index (χ1v) is 7.29. The van der Waals surface area contributed by atoms with Crippen LogP contribution in [0.15, 0.2) is 17.0 Å². The molecule has 9 heteroatoms. The predicted octanol–water partition coefficient (Wildman–Crippen LogP) is 1.35. The maximum absolute atomic E-state index is 11.9. The smallest absolute Gasteiger partial charge is 0.338 e. The molecular weight excluding hydrogens is 317 g/mol. The van der Waals surface area contributed by atoms with Crippen molar-refractivity contribution in [1.29, 1.82) is 0 Å². The van der Waals surface area contributed by atoms with E-state index in [2.05, 4.69) is 4.72 Å². The molecule has 0 bridgehead atoms. The topological polar surface area (TPSA) is 104 Å². The van der Waals surface area contributed by atoms with Crippen LogP contribution >= 0.6 is 23.2 Å². The van der Waals surface area contributed by atoms with E-state index < -0.39 is 37.6 Å². The Morgan fingerprint density at radius 3 is 2.47 bits per heavy atom. The number of halogens is 2. The van der Waals surface area contributed by atoms with Crippen molar-refractivity contribution in [1.82, 2.24) is 4.72 Å². The van der Waals surface area contributed by atoms with Gasteiger partial charge in [-0.3, -0.25) is 0 Å². The number of carbonyl (C=O) groups is 1. The lowest BCUT2D eigenvalue weighted by Crippen LogP contribution is -2.31. The second-order valence-electron chi connectivity index (χ2n) is 3.74. The number of hydrogen-bond donors (Lipinski definition) is 3. The van der Waals surface area contributed by atoms with Crippen molar-refractivity contribution < 1.29 is 23.4 Å². The fraction of sp³-hybridized carbons (Fsp3) is 0.300. The van der Waals surface area contributed by atoms with Gasteiger partial charge in [0.05, 0.1) is 21.7 Å². The number of nitrogens with one attached hydrogen (secondary N) is 1. The van der Waals surface area contributed by atoms with E-state index in [1.54, 1.807) is 0 Å². The van der Waals surface area contributed by atoms with Gasteiger partial charge in [0.1, 0.15) is 4.90 Å². The second-order valence-corrected chi connectivity index (χ2v) is 6.26. The Morgan fingerprint density at radius 2 is 2.00 bits per heavy atom. The standard InChI is InChI=1S/C10H11Cl2NO5S/c1-5(14)4-13-19(17,18)7-3-2-6(11)8(9(7)12)10(15)16/h2-3,5,13-14H,4H2,1H3,(H,15,16)/t5-/m0/s1. The Bertz CT molecular complexity index is 600. The largest absolute Gasteiger partial charge is 0.478 e. The zero-order chi connectivity index (χ0) is 14.8. The van der Waals surface area contributed by atoms with Crippen LogP contribution in [0.1, 0.15) is 17.3 Å². The molecule has 0 saturated heterocycles. The van der Waals surface area contributed by atoms with E-state index in [9.17, 15) is 13.2 Å². The summed E-state index contributed by atoms with van der Waals surface area (Å²) in [6.07, 6.45) is -0.889. The van der Waals surface area contributed by atoms with Crippen LogP contribution in [-0.2, 0) is 10.0 Å². The fourth-order valence-electron chi connectivity index (χ4n) is 1.25. The number of carboxylic acid groups (broad SMARTS) is 1. The number of sulfonamides is 1. The normalized spacial score (nSPS) is 13.3. The molecule has 0 aromatic heterocycles. The monoisotopic (exact) mass is 327 g/mol. The maximum atomic E-state index is 11.9. The highest BCUT2D eigenvalue weighted by molar-refractivity contribution is 7.89. The van der Waals surface area contributed by atoms with Gasteiger partial charge >= 0.3 is 5.97 Å². The molecule has 0 fully saturated rings. The van der Waals surface area contributed by atoms with Crippen molar-refractivity contribution in [2.45, 2.75) is 17.9 Å². The quantitative estimate of drug-likeness (QED) is 0.757. The lowest BCUT2D eigenvalue weighted by molar-refractivity contribution is 0.0697. The summed E-state index contributed by atoms with van der Waals surface area (Å²) in [4.78, 5) is 10.6. The van der Waals surface area contributed by atoms with Crippen molar-refractivity contribution in [2.24, 2.45) is 0 Å². The van der Waals surface area contributed by atoms with Gasteiger partial charge < -0.3 is 10.2 Å². The Labute approximate surface area is 120 Å². The van der Waals surface area contributed by atoms with Gasteiger partial charge in [0, 0.05) is 6.54 Å². The van der Waals surface area contributed by atoms with Gasteiger partial charge in [-0.1, -0.05) is 23.2 Å². The molecule has 1 aromatic rings. The van der Waals surface area contributed by atoms with E-state index in [1.807, 2.05) is 0 Å². The molecular formula is C10H11Cl2NO5S. The number of aromatic carboxylic acids is 1. The van der Waals surface area contributed by atoms with E-state index in [4.69, 9.17) is 33.4 Å². The maximum Gasteiger partial charge on any atom is 0.338 e. The third-order valence-corrected chi connectivity index (χ3v) is 4.41. The first-order chi connectivity index (χ1) is 8.66. The van der Waals surface area contributed by atoms with Crippen molar-refractivity contribution in [2.75, 3.05) is 6.54 Å². The number of rotatable bonds is 5. The highest BCUT2D eigenvalue weighted by atomic mass is 35.5. The summed E-state index contributed by atoms with van der Waals surface area (Å²) in [5.74, 6) is -1.43. The average molecular weight is 328 g/mol. The Hall–Kier alpha value is -0.860. The minimum absolute atomic E-state index is 0.160. The minimum atomic E-state index is -4.02. The van der Waals surface area contributed by atoms with E-state index in [0.29, 0.717) is 0 Å². The fourth-order valence-corrected chi connectivity index (χ4v) is 3.28. The third-order valence-electron chi connectivity index (χ3n) is 2.13. The highest BCUT2D eigenvalue weighted by Crippen LogP contribution is 2.30. The Kier molecular flexibility index (Phi) is 5.17. The number of benzene rings is 1. The predicted molar refractivity (Wildman–Crippen MR) is 70.3 cm³/mol. The molecule has 0 aliphatic heterocycles. The summed E-state index contributed by atoms with van der Waals surface area (Å²) in [5, 5.41) is 17.3. The van der Waals surface area contributed by atoms with Crippen LogP contribution in [-0.4, -0.2) is 37.2 Å². The number of aliphatic hydroxyl groups excluding tert-OH is 1. The van der Waals surface area contributed by atoms with Crippen molar-refractivity contribution >= 4 is 39.2 Å². The van der Waals surface area contributed by atoms with Crippen LogP contribution < -0.4 is 4.72 Å². The molecule has 0 unspecified atom stereocenters. The SMILES string of the molecule is C[C@H](O)CNS(=O)(=O)c1ccc(Cl)c(C(=O)O)c1Cl. The summed E-state index contributed by atoms with van der Waals surface area (Å²) in [7, 11) is -4.02. The highest BCUT2D eigenvalue weighted by Gasteiger charge is 2.24. The molecule has 0 aliphatic rings. The molecule has 0 amide bonds. The third kappa shape index (κ3) is 3.80. The molecule has 1 aromatic carbocycles. The number of carboxylic acids is 1. The summed E-state index contributed by atoms with van der Waals surface area (Å²) >= 11 is 11.4.